The quantitative estimate of drug-likeness (QED) is 0.185. The fourth-order valence-corrected chi connectivity index (χ4v) is 11.2. The first-order valence-electron chi connectivity index (χ1n) is 21.1. The smallest absolute Gasteiger partial charge is 0.131 e. The molecule has 2 N–H and O–H groups in total. The fraction of sp³-hybridized carbons (Fsp3) is 0.241. The number of rotatable bonds is 5. The zero-order chi connectivity index (χ0) is 38.1. The molecule has 0 aromatic heterocycles. The highest BCUT2D eigenvalue weighted by molar-refractivity contribution is 6.00. The van der Waals surface area contributed by atoms with Crippen LogP contribution in [0.1, 0.15) is 103 Å². The minimum atomic E-state index is -0.211. The van der Waals surface area contributed by atoms with E-state index in [1.165, 1.54) is 82.2 Å². The third-order valence-corrected chi connectivity index (χ3v) is 14.0. The number of nitrogens with one attached hydrogen (secondary N) is 2. The molecule has 0 amide bonds. The van der Waals surface area contributed by atoms with Crippen LogP contribution in [0.15, 0.2) is 174 Å². The summed E-state index contributed by atoms with van der Waals surface area (Å²) >= 11 is 0. The van der Waals surface area contributed by atoms with Crippen molar-refractivity contribution in [1.29, 1.82) is 0 Å². The molecule has 1 saturated carbocycles. The molecular weight excluding hydrogens is 691 g/mol. The first-order valence-corrected chi connectivity index (χ1v) is 21.1. The van der Waals surface area contributed by atoms with E-state index in [-0.39, 0.29) is 23.2 Å². The summed E-state index contributed by atoms with van der Waals surface area (Å²) in [6.45, 7) is 4.94. The van der Waals surface area contributed by atoms with Gasteiger partial charge in [0.25, 0.3) is 0 Å². The van der Waals surface area contributed by atoms with Gasteiger partial charge in [0.2, 0.25) is 0 Å². The molecule has 4 atom stereocenters. The van der Waals surface area contributed by atoms with Crippen LogP contribution in [-0.2, 0) is 10.8 Å². The number of amidine groups is 1. The zero-order valence-electron chi connectivity index (χ0n) is 32.9. The van der Waals surface area contributed by atoms with Crippen molar-refractivity contribution in [2.75, 3.05) is 0 Å². The molecule has 1 aliphatic heterocycles. The van der Waals surface area contributed by atoms with E-state index in [0.29, 0.717) is 11.8 Å². The topological polar surface area (TPSA) is 36.4 Å². The lowest BCUT2D eigenvalue weighted by molar-refractivity contribution is 0.345. The number of hydrogen-bond acceptors (Lipinski definition) is 3. The second-order valence-electron chi connectivity index (χ2n) is 17.5. The normalized spacial score (nSPS) is 23.6. The third kappa shape index (κ3) is 5.54. The van der Waals surface area contributed by atoms with E-state index >= 15 is 0 Å². The van der Waals surface area contributed by atoms with Gasteiger partial charge in [0.15, 0.2) is 0 Å². The maximum absolute atomic E-state index is 5.25. The van der Waals surface area contributed by atoms with Gasteiger partial charge in [-0.15, -0.1) is 0 Å². The van der Waals surface area contributed by atoms with Crippen LogP contribution in [0.5, 0.6) is 0 Å². The second kappa shape index (κ2) is 13.4. The summed E-state index contributed by atoms with van der Waals surface area (Å²) in [5.41, 5.74) is 17.9. The van der Waals surface area contributed by atoms with Crippen LogP contribution in [0.4, 0.5) is 0 Å². The van der Waals surface area contributed by atoms with E-state index in [4.69, 9.17) is 4.99 Å². The van der Waals surface area contributed by atoms with Crippen molar-refractivity contribution in [2.24, 2.45) is 10.9 Å². The molecule has 11 rings (SSSR count). The molecular formula is C54H49N3. The van der Waals surface area contributed by atoms with Crippen LogP contribution in [0.3, 0.4) is 0 Å². The molecule has 3 heteroatoms. The van der Waals surface area contributed by atoms with E-state index in [0.717, 1.165) is 17.0 Å². The molecule has 0 bridgehead atoms. The van der Waals surface area contributed by atoms with E-state index in [9.17, 15) is 0 Å². The molecule has 1 heterocycles. The number of fused-ring (bicyclic) bond motifs is 8. The monoisotopic (exact) mass is 739 g/mol. The van der Waals surface area contributed by atoms with E-state index in [1.54, 1.807) is 11.1 Å². The highest BCUT2D eigenvalue weighted by Crippen LogP contribution is 2.64. The zero-order valence-corrected chi connectivity index (χ0v) is 32.9. The van der Waals surface area contributed by atoms with Crippen LogP contribution in [-0.4, -0.2) is 5.84 Å². The molecule has 5 aliphatic rings. The number of aliphatic imine (C=N–C) groups is 1. The van der Waals surface area contributed by atoms with Crippen molar-refractivity contribution in [3.8, 4) is 22.3 Å². The molecule has 4 aliphatic carbocycles. The molecule has 4 unspecified atom stereocenters. The van der Waals surface area contributed by atoms with Crippen LogP contribution >= 0.6 is 0 Å². The van der Waals surface area contributed by atoms with Gasteiger partial charge in [-0.2, -0.15) is 0 Å². The Morgan fingerprint density at radius 2 is 1.23 bits per heavy atom. The average molecular weight is 740 g/mol. The summed E-state index contributed by atoms with van der Waals surface area (Å²) in [6.07, 6.45) is 11.6. The SMILES string of the molecule is CC1(C)c2ccccc2C2C=C3C(=CC21)c1c(-c2cccc(-c4cccc(C5N=C(c6ccccc6)NC(c6ccccc6)N5)c4)c2)cccc1C31CCCCC1. The van der Waals surface area contributed by atoms with Crippen LogP contribution < -0.4 is 10.6 Å². The van der Waals surface area contributed by atoms with Gasteiger partial charge in [0, 0.05) is 16.9 Å². The van der Waals surface area contributed by atoms with Gasteiger partial charge in [-0.05, 0) is 103 Å². The lowest BCUT2D eigenvalue weighted by atomic mass is 9.64. The van der Waals surface area contributed by atoms with Gasteiger partial charge >= 0.3 is 0 Å². The molecule has 280 valence electrons. The summed E-state index contributed by atoms with van der Waals surface area (Å²) in [5.74, 6) is 1.78. The maximum Gasteiger partial charge on any atom is 0.131 e. The summed E-state index contributed by atoms with van der Waals surface area (Å²) in [6, 6.07) is 55.8. The molecule has 1 fully saturated rings. The van der Waals surface area contributed by atoms with Crippen molar-refractivity contribution in [1.82, 2.24) is 10.6 Å². The number of allylic oxidation sites excluding steroid dienone is 4. The molecule has 1 spiro atoms. The standard InChI is InChI=1S/C54H49N3/c1-53(2)45-27-11-10-25-42(45)43-33-48-44(34-47(43)53)49-41(26-16-28-46(49)54(48)29-12-5-13-30-54)39-23-14-21-37(31-39)38-22-15-24-40(32-38)52-56-50(35-17-6-3-7-18-35)55-51(57-52)36-19-8-4-9-20-36/h3-4,6-11,14-28,31-34,43,47,50,52,56H,5,12-13,29-30H2,1-2H3,(H,55,57). The Kier molecular flexibility index (Phi) is 8.12. The molecule has 0 radical (unpaired) electrons. The van der Waals surface area contributed by atoms with Crippen LogP contribution in [0.2, 0.25) is 0 Å². The fourth-order valence-electron chi connectivity index (χ4n) is 11.2. The third-order valence-electron chi connectivity index (χ3n) is 14.0. The van der Waals surface area contributed by atoms with Gasteiger partial charge in [0.1, 0.15) is 18.2 Å². The van der Waals surface area contributed by atoms with Crippen LogP contribution in [0, 0.1) is 5.92 Å². The second-order valence-corrected chi connectivity index (χ2v) is 17.5. The minimum absolute atomic E-state index is 0.0733. The molecule has 3 nitrogen and oxygen atoms in total. The Hall–Kier alpha value is -5.77. The Labute approximate surface area is 337 Å². The van der Waals surface area contributed by atoms with E-state index in [1.807, 2.05) is 0 Å². The lowest BCUT2D eigenvalue weighted by Crippen LogP contribution is -2.44. The molecule has 6 aromatic rings. The van der Waals surface area contributed by atoms with Crippen molar-refractivity contribution < 1.29 is 0 Å². The average Bonchev–Trinajstić information content (AvgIpc) is 3.67. The Bertz CT molecular complexity index is 2610. The van der Waals surface area contributed by atoms with E-state index in [2.05, 4.69) is 188 Å². The van der Waals surface area contributed by atoms with Gasteiger partial charge in [0.05, 0.1) is 0 Å². The first kappa shape index (κ1) is 34.5. The number of hydrogen-bond donors (Lipinski definition) is 2. The number of benzene rings is 6. The minimum Gasteiger partial charge on any atom is -0.350 e. The summed E-state index contributed by atoms with van der Waals surface area (Å²) < 4.78 is 0. The highest BCUT2D eigenvalue weighted by atomic mass is 15.3. The van der Waals surface area contributed by atoms with Crippen molar-refractivity contribution in [3.05, 3.63) is 208 Å². The predicted octanol–water partition coefficient (Wildman–Crippen LogP) is 12.6. The van der Waals surface area contributed by atoms with E-state index < -0.39 is 0 Å². The molecule has 0 saturated heterocycles. The molecule has 57 heavy (non-hydrogen) atoms. The maximum atomic E-state index is 5.25. The summed E-state index contributed by atoms with van der Waals surface area (Å²) in [7, 11) is 0. The lowest BCUT2D eigenvalue weighted by Gasteiger charge is -2.39. The van der Waals surface area contributed by atoms with Gasteiger partial charge < -0.3 is 5.32 Å². The highest BCUT2D eigenvalue weighted by Gasteiger charge is 2.53. The van der Waals surface area contributed by atoms with Gasteiger partial charge in [-0.1, -0.05) is 185 Å². The Morgan fingerprint density at radius 3 is 2.05 bits per heavy atom. The predicted molar refractivity (Wildman–Crippen MR) is 235 cm³/mol. The van der Waals surface area contributed by atoms with Crippen molar-refractivity contribution in [3.63, 3.8) is 0 Å². The summed E-state index contributed by atoms with van der Waals surface area (Å²) in [4.78, 5) is 5.25. The number of nitrogens with zero attached hydrogens (tertiary/aromatic N) is 1. The Balaban J connectivity index is 0.990. The van der Waals surface area contributed by atoms with Crippen LogP contribution in [0.25, 0.3) is 27.8 Å². The van der Waals surface area contributed by atoms with Crippen molar-refractivity contribution in [2.45, 2.75) is 75.0 Å². The largest absolute Gasteiger partial charge is 0.350 e. The van der Waals surface area contributed by atoms with Gasteiger partial charge in [-0.3, -0.25) is 5.32 Å². The Morgan fingerprint density at radius 1 is 0.579 bits per heavy atom. The molecule has 6 aromatic carbocycles. The first-order chi connectivity index (χ1) is 28.0. The van der Waals surface area contributed by atoms with Gasteiger partial charge in [-0.25, -0.2) is 4.99 Å². The summed E-state index contributed by atoms with van der Waals surface area (Å²) in [5, 5.41) is 7.47. The van der Waals surface area contributed by atoms with Crippen molar-refractivity contribution >= 4 is 11.4 Å².